The lowest BCUT2D eigenvalue weighted by Crippen LogP contribution is -2.17. The van der Waals surface area contributed by atoms with Gasteiger partial charge in [0.25, 0.3) is 0 Å². The topological polar surface area (TPSA) is 56.2 Å². The Kier molecular flexibility index (Phi) is 3.27. The van der Waals surface area contributed by atoms with Gasteiger partial charge < -0.3 is 10.1 Å². The summed E-state index contributed by atoms with van der Waals surface area (Å²) in [5.74, 6) is -0.219. The minimum absolute atomic E-state index is 0.219. The number of rotatable bonds is 1. The quantitative estimate of drug-likeness (QED) is 0.478. The van der Waals surface area contributed by atoms with Gasteiger partial charge >= 0.3 is 5.97 Å². The summed E-state index contributed by atoms with van der Waals surface area (Å²) < 4.78 is 7.15. The fourth-order valence-corrected chi connectivity index (χ4v) is 2.81. The molecule has 0 aromatic carbocycles. The first-order valence-electron chi connectivity index (χ1n) is 6.93. The summed E-state index contributed by atoms with van der Waals surface area (Å²) >= 11 is 0. The Hall–Kier alpha value is -1.78. The van der Waals surface area contributed by atoms with E-state index in [4.69, 9.17) is 4.74 Å². The molecule has 1 aromatic heterocycles. The number of nitrogens with one attached hydrogen (secondary N) is 1. The first-order valence-corrected chi connectivity index (χ1v) is 6.93. The molecule has 1 unspecified atom stereocenters. The number of aryl methyl sites for hydroxylation is 1. The zero-order valence-corrected chi connectivity index (χ0v) is 11.2. The maximum atomic E-state index is 12.0. The Labute approximate surface area is 112 Å². The average molecular weight is 261 g/mol. The number of ether oxygens (including phenoxy) is 1. The number of carbonyl (C=O) groups is 1. The highest BCUT2D eigenvalue weighted by Gasteiger charge is 2.33. The van der Waals surface area contributed by atoms with E-state index in [9.17, 15) is 4.79 Å². The lowest BCUT2D eigenvalue weighted by molar-refractivity contribution is -0.139. The van der Waals surface area contributed by atoms with Crippen molar-refractivity contribution in [1.29, 1.82) is 0 Å². The molecule has 1 aliphatic carbocycles. The fraction of sp³-hybridized carbons (Fsp3) is 0.571. The van der Waals surface area contributed by atoms with Crippen LogP contribution >= 0.6 is 0 Å². The summed E-state index contributed by atoms with van der Waals surface area (Å²) in [5.41, 5.74) is 2.79. The van der Waals surface area contributed by atoms with E-state index in [1.54, 1.807) is 10.9 Å². The Balaban J connectivity index is 1.83. The summed E-state index contributed by atoms with van der Waals surface area (Å²) in [6, 6.07) is 1.87. The first kappa shape index (κ1) is 12.3. The molecular weight excluding hydrogens is 242 g/mol. The molecule has 1 aliphatic heterocycles. The standard InChI is InChI=1S/C14H19N3O2/c1-17-11(8-9-15-17)13-16-12(14(18)19-13)10-6-4-2-3-5-7-10/h8-9,13,16H,2-7H2,1H3. The summed E-state index contributed by atoms with van der Waals surface area (Å²) in [7, 11) is 1.85. The van der Waals surface area contributed by atoms with Crippen molar-refractivity contribution in [2.45, 2.75) is 44.8 Å². The van der Waals surface area contributed by atoms with Crippen molar-refractivity contribution in [2.24, 2.45) is 7.05 Å². The number of carbonyl (C=O) groups excluding carboxylic acids is 1. The van der Waals surface area contributed by atoms with Crippen LogP contribution in [0.15, 0.2) is 23.5 Å². The predicted molar refractivity (Wildman–Crippen MR) is 69.9 cm³/mol. The number of allylic oxidation sites excluding steroid dienone is 1. The summed E-state index contributed by atoms with van der Waals surface area (Å²) in [6.45, 7) is 0. The van der Waals surface area contributed by atoms with Crippen molar-refractivity contribution in [3.8, 4) is 0 Å². The molecular formula is C14H19N3O2. The number of esters is 1. The highest BCUT2D eigenvalue weighted by molar-refractivity contribution is 5.90. The third-order valence-electron chi connectivity index (χ3n) is 3.89. The van der Waals surface area contributed by atoms with Crippen LogP contribution in [0.3, 0.4) is 0 Å². The first-order chi connectivity index (χ1) is 9.25. The predicted octanol–water partition coefficient (Wildman–Crippen LogP) is 2.17. The van der Waals surface area contributed by atoms with Gasteiger partial charge in [-0.05, 0) is 37.3 Å². The zero-order valence-electron chi connectivity index (χ0n) is 11.2. The molecule has 1 saturated carbocycles. The van der Waals surface area contributed by atoms with Gasteiger partial charge in [-0.15, -0.1) is 0 Å². The van der Waals surface area contributed by atoms with Crippen LogP contribution in [-0.2, 0) is 16.6 Å². The maximum absolute atomic E-state index is 12.0. The van der Waals surface area contributed by atoms with Crippen molar-refractivity contribution < 1.29 is 9.53 Å². The molecule has 2 fully saturated rings. The lowest BCUT2D eigenvalue weighted by Gasteiger charge is -2.10. The molecule has 1 saturated heterocycles. The van der Waals surface area contributed by atoms with Crippen LogP contribution in [0.5, 0.6) is 0 Å². The molecule has 19 heavy (non-hydrogen) atoms. The molecule has 1 aromatic rings. The SMILES string of the molecule is Cn1nccc1C1NC(=C2CCCCCC2)C(=O)O1. The molecule has 5 nitrogen and oxygen atoms in total. The van der Waals surface area contributed by atoms with E-state index in [-0.39, 0.29) is 5.97 Å². The Bertz CT molecular complexity index is 509. The fourth-order valence-electron chi connectivity index (χ4n) is 2.81. The van der Waals surface area contributed by atoms with Crippen LogP contribution in [0, 0.1) is 0 Å². The van der Waals surface area contributed by atoms with E-state index >= 15 is 0 Å². The van der Waals surface area contributed by atoms with Crippen molar-refractivity contribution in [1.82, 2.24) is 15.1 Å². The summed E-state index contributed by atoms with van der Waals surface area (Å²) in [4.78, 5) is 12.0. The van der Waals surface area contributed by atoms with Gasteiger partial charge in [0.05, 0.1) is 5.69 Å². The molecule has 5 heteroatoms. The maximum Gasteiger partial charge on any atom is 0.356 e. The van der Waals surface area contributed by atoms with Crippen molar-refractivity contribution in [3.05, 3.63) is 29.2 Å². The molecule has 2 heterocycles. The minimum Gasteiger partial charge on any atom is -0.431 e. The van der Waals surface area contributed by atoms with Gasteiger partial charge in [0.1, 0.15) is 5.70 Å². The van der Waals surface area contributed by atoms with E-state index in [0.717, 1.165) is 18.5 Å². The summed E-state index contributed by atoms with van der Waals surface area (Å²) in [5, 5.41) is 7.34. The minimum atomic E-state index is -0.397. The molecule has 0 spiro atoms. The molecule has 2 aliphatic rings. The van der Waals surface area contributed by atoms with Gasteiger partial charge in [-0.2, -0.15) is 5.10 Å². The van der Waals surface area contributed by atoms with E-state index in [2.05, 4.69) is 10.4 Å². The second-order valence-electron chi connectivity index (χ2n) is 5.20. The molecule has 1 N–H and O–H groups in total. The largest absolute Gasteiger partial charge is 0.431 e. The molecule has 0 amide bonds. The highest BCUT2D eigenvalue weighted by atomic mass is 16.6. The number of hydrogen-bond acceptors (Lipinski definition) is 4. The third-order valence-corrected chi connectivity index (χ3v) is 3.89. The molecule has 1 atom stereocenters. The average Bonchev–Trinajstić information content (AvgIpc) is 2.87. The van der Waals surface area contributed by atoms with Gasteiger partial charge in [-0.3, -0.25) is 4.68 Å². The number of cyclic esters (lactones) is 1. The Morgan fingerprint density at radius 3 is 2.68 bits per heavy atom. The van der Waals surface area contributed by atoms with Crippen LogP contribution in [0.2, 0.25) is 0 Å². The van der Waals surface area contributed by atoms with E-state index < -0.39 is 6.23 Å². The van der Waals surface area contributed by atoms with E-state index in [0.29, 0.717) is 5.70 Å². The van der Waals surface area contributed by atoms with Crippen molar-refractivity contribution in [2.75, 3.05) is 0 Å². The molecule has 3 rings (SSSR count). The second-order valence-corrected chi connectivity index (χ2v) is 5.20. The van der Waals surface area contributed by atoms with Crippen LogP contribution in [0.4, 0.5) is 0 Å². The van der Waals surface area contributed by atoms with Gasteiger partial charge in [0, 0.05) is 13.2 Å². The van der Waals surface area contributed by atoms with Crippen molar-refractivity contribution >= 4 is 5.97 Å². The molecule has 0 bridgehead atoms. The van der Waals surface area contributed by atoms with E-state index in [1.165, 1.54) is 31.3 Å². The number of nitrogens with zero attached hydrogens (tertiary/aromatic N) is 2. The monoisotopic (exact) mass is 261 g/mol. The van der Waals surface area contributed by atoms with Gasteiger partial charge in [0.15, 0.2) is 0 Å². The van der Waals surface area contributed by atoms with Crippen LogP contribution in [-0.4, -0.2) is 15.7 Å². The third kappa shape index (κ3) is 2.37. The van der Waals surface area contributed by atoms with Gasteiger partial charge in [-0.1, -0.05) is 12.8 Å². The zero-order chi connectivity index (χ0) is 13.2. The summed E-state index contributed by atoms with van der Waals surface area (Å²) in [6.07, 6.45) is 8.19. The smallest absolute Gasteiger partial charge is 0.356 e. The molecule has 102 valence electrons. The van der Waals surface area contributed by atoms with Crippen LogP contribution in [0.1, 0.15) is 50.4 Å². The Morgan fingerprint density at radius 1 is 1.32 bits per heavy atom. The normalized spacial score (nSPS) is 24.1. The Morgan fingerprint density at radius 2 is 2.05 bits per heavy atom. The van der Waals surface area contributed by atoms with Gasteiger partial charge in [-0.25, -0.2) is 4.79 Å². The van der Waals surface area contributed by atoms with Crippen molar-refractivity contribution in [3.63, 3.8) is 0 Å². The van der Waals surface area contributed by atoms with Crippen LogP contribution in [0.25, 0.3) is 0 Å². The lowest BCUT2D eigenvalue weighted by atomic mass is 10.1. The number of aromatic nitrogens is 2. The number of hydrogen-bond donors (Lipinski definition) is 1. The molecule has 0 radical (unpaired) electrons. The van der Waals surface area contributed by atoms with Crippen LogP contribution < -0.4 is 5.32 Å². The van der Waals surface area contributed by atoms with Gasteiger partial charge in [0.2, 0.25) is 6.23 Å². The van der Waals surface area contributed by atoms with E-state index in [1.807, 2.05) is 13.1 Å². The second kappa shape index (κ2) is 5.07. The highest BCUT2D eigenvalue weighted by Crippen LogP contribution is 2.30.